The molecule has 0 aliphatic heterocycles. The second-order valence-corrected chi connectivity index (χ2v) is 5.40. The van der Waals surface area contributed by atoms with Crippen molar-refractivity contribution < 1.29 is 23.9 Å². The van der Waals surface area contributed by atoms with Crippen LogP contribution in [-0.4, -0.2) is 42.9 Å². The Labute approximate surface area is 146 Å². The van der Waals surface area contributed by atoms with E-state index in [2.05, 4.69) is 16.0 Å². The monoisotopic (exact) mass is 349 g/mol. The van der Waals surface area contributed by atoms with Crippen LogP contribution in [0.2, 0.25) is 0 Å². The van der Waals surface area contributed by atoms with Crippen molar-refractivity contribution >= 4 is 29.4 Å². The Morgan fingerprint density at radius 3 is 2.32 bits per heavy atom. The molecular weight excluding hydrogens is 326 g/mol. The third-order valence-electron chi connectivity index (χ3n) is 3.11. The maximum atomic E-state index is 11.8. The molecule has 1 aromatic carbocycles. The van der Waals surface area contributed by atoms with Crippen LogP contribution in [0.4, 0.5) is 5.69 Å². The molecule has 0 aliphatic rings. The highest BCUT2D eigenvalue weighted by molar-refractivity contribution is 5.89. The Morgan fingerprint density at radius 2 is 1.76 bits per heavy atom. The third-order valence-corrected chi connectivity index (χ3v) is 3.11. The van der Waals surface area contributed by atoms with Gasteiger partial charge >= 0.3 is 5.97 Å². The first kappa shape index (κ1) is 20.1. The van der Waals surface area contributed by atoms with Gasteiger partial charge in [-0.25, -0.2) is 0 Å². The van der Waals surface area contributed by atoms with E-state index < -0.39 is 24.5 Å². The minimum absolute atomic E-state index is 0.000490. The van der Waals surface area contributed by atoms with Crippen LogP contribution in [-0.2, 0) is 30.3 Å². The number of anilines is 1. The lowest BCUT2D eigenvalue weighted by Gasteiger charge is -2.13. The number of nitrogens with one attached hydrogen (secondary N) is 3. The molecule has 0 bridgehead atoms. The summed E-state index contributed by atoms with van der Waals surface area (Å²) in [5.41, 5.74) is 1.32. The first-order valence-electron chi connectivity index (χ1n) is 7.91. The fraction of sp³-hybridized carbons (Fsp3) is 0.412. The van der Waals surface area contributed by atoms with Crippen molar-refractivity contribution in [3.63, 3.8) is 0 Å². The van der Waals surface area contributed by atoms with Crippen LogP contribution in [0.5, 0.6) is 0 Å². The Hall–Kier alpha value is -2.90. The highest BCUT2D eigenvalue weighted by Crippen LogP contribution is 2.10. The van der Waals surface area contributed by atoms with Crippen LogP contribution in [0.3, 0.4) is 0 Å². The van der Waals surface area contributed by atoms with Gasteiger partial charge in [-0.3, -0.25) is 19.2 Å². The quantitative estimate of drug-likeness (QED) is 0.587. The average molecular weight is 349 g/mol. The number of esters is 1. The molecular formula is C17H23N3O5. The predicted octanol–water partition coefficient (Wildman–Crippen LogP) is 0.372. The summed E-state index contributed by atoms with van der Waals surface area (Å²) in [4.78, 5) is 45.8. The molecule has 0 saturated heterocycles. The highest BCUT2D eigenvalue weighted by atomic mass is 16.5. The summed E-state index contributed by atoms with van der Waals surface area (Å²) in [6, 6.07) is 6.01. The standard InChI is InChI=1S/C17H23N3O5/c1-4-18-17(24)11(2)19-15(22)10-25-16(23)9-13-5-7-14(8-6-13)20-12(3)21/h5-8,11H,4,9-10H2,1-3H3,(H,18,24)(H,19,22)(H,20,21)/t11-/m1/s1. The fourth-order valence-corrected chi connectivity index (χ4v) is 1.95. The van der Waals surface area contributed by atoms with Gasteiger partial charge in [0.2, 0.25) is 11.8 Å². The molecule has 0 unspecified atom stereocenters. The predicted molar refractivity (Wildman–Crippen MR) is 91.7 cm³/mol. The van der Waals surface area contributed by atoms with E-state index >= 15 is 0 Å². The third kappa shape index (κ3) is 7.96. The summed E-state index contributed by atoms with van der Waals surface area (Å²) >= 11 is 0. The van der Waals surface area contributed by atoms with Gasteiger partial charge in [0.05, 0.1) is 6.42 Å². The molecule has 8 nitrogen and oxygen atoms in total. The second kappa shape index (κ2) is 10.1. The topological polar surface area (TPSA) is 114 Å². The first-order valence-corrected chi connectivity index (χ1v) is 7.91. The van der Waals surface area contributed by atoms with Crippen molar-refractivity contribution in [2.75, 3.05) is 18.5 Å². The Kier molecular flexibility index (Phi) is 8.11. The number of hydrogen-bond donors (Lipinski definition) is 3. The minimum atomic E-state index is -0.701. The van der Waals surface area contributed by atoms with Crippen LogP contribution < -0.4 is 16.0 Å². The van der Waals surface area contributed by atoms with Crippen LogP contribution >= 0.6 is 0 Å². The number of likely N-dealkylation sites (N-methyl/N-ethyl adjacent to an activating group) is 1. The maximum absolute atomic E-state index is 11.8. The van der Waals surface area contributed by atoms with Gasteiger partial charge in [-0.1, -0.05) is 12.1 Å². The van der Waals surface area contributed by atoms with Crippen molar-refractivity contribution in [2.45, 2.75) is 33.2 Å². The molecule has 1 atom stereocenters. The van der Waals surface area contributed by atoms with E-state index in [1.165, 1.54) is 6.92 Å². The van der Waals surface area contributed by atoms with Gasteiger partial charge in [0.25, 0.3) is 5.91 Å². The van der Waals surface area contributed by atoms with Gasteiger partial charge in [0.1, 0.15) is 6.04 Å². The number of ether oxygens (including phenoxy) is 1. The maximum Gasteiger partial charge on any atom is 0.310 e. The molecule has 3 amide bonds. The molecule has 8 heteroatoms. The summed E-state index contributed by atoms with van der Waals surface area (Å²) in [7, 11) is 0. The summed E-state index contributed by atoms with van der Waals surface area (Å²) in [5, 5.41) is 7.64. The molecule has 0 aliphatic carbocycles. The van der Waals surface area contributed by atoms with Gasteiger partial charge in [0.15, 0.2) is 6.61 Å². The zero-order chi connectivity index (χ0) is 18.8. The normalized spacial score (nSPS) is 11.2. The molecule has 1 rings (SSSR count). The highest BCUT2D eigenvalue weighted by Gasteiger charge is 2.16. The molecule has 0 spiro atoms. The SMILES string of the molecule is CCNC(=O)[C@@H](C)NC(=O)COC(=O)Cc1ccc(NC(C)=O)cc1. The van der Waals surface area contributed by atoms with E-state index in [9.17, 15) is 19.2 Å². The Balaban J connectivity index is 2.38. The van der Waals surface area contributed by atoms with Crippen LogP contribution in [0.15, 0.2) is 24.3 Å². The van der Waals surface area contributed by atoms with Crippen LogP contribution in [0.25, 0.3) is 0 Å². The number of amides is 3. The van der Waals surface area contributed by atoms with E-state index in [4.69, 9.17) is 4.74 Å². The van der Waals surface area contributed by atoms with Crippen molar-refractivity contribution in [3.8, 4) is 0 Å². The lowest BCUT2D eigenvalue weighted by atomic mass is 10.1. The lowest BCUT2D eigenvalue weighted by molar-refractivity contribution is -0.148. The molecule has 0 heterocycles. The number of benzene rings is 1. The van der Waals surface area contributed by atoms with Gasteiger partial charge in [-0.2, -0.15) is 0 Å². The second-order valence-electron chi connectivity index (χ2n) is 5.40. The Bertz CT molecular complexity index is 628. The number of rotatable bonds is 8. The van der Waals surface area contributed by atoms with Gasteiger partial charge < -0.3 is 20.7 Å². The van der Waals surface area contributed by atoms with Crippen molar-refractivity contribution in [2.24, 2.45) is 0 Å². The van der Waals surface area contributed by atoms with E-state index in [0.717, 1.165) is 0 Å². The van der Waals surface area contributed by atoms with Crippen LogP contribution in [0, 0.1) is 0 Å². The zero-order valence-electron chi connectivity index (χ0n) is 14.5. The summed E-state index contributed by atoms with van der Waals surface area (Å²) in [6.07, 6.45) is -0.000490. The fourth-order valence-electron chi connectivity index (χ4n) is 1.95. The Morgan fingerprint density at radius 1 is 1.12 bits per heavy atom. The summed E-state index contributed by atoms with van der Waals surface area (Å²) in [6.45, 7) is 4.74. The van der Waals surface area contributed by atoms with Crippen molar-refractivity contribution in [3.05, 3.63) is 29.8 Å². The molecule has 136 valence electrons. The minimum Gasteiger partial charge on any atom is -0.455 e. The van der Waals surface area contributed by atoms with Gasteiger partial charge in [-0.05, 0) is 31.5 Å². The summed E-state index contributed by atoms with van der Waals surface area (Å²) in [5.74, 6) is -1.59. The smallest absolute Gasteiger partial charge is 0.310 e. The summed E-state index contributed by atoms with van der Waals surface area (Å²) < 4.78 is 4.89. The lowest BCUT2D eigenvalue weighted by Crippen LogP contribution is -2.46. The van der Waals surface area contributed by atoms with E-state index in [1.807, 2.05) is 0 Å². The number of carbonyl (C=O) groups is 4. The molecule has 3 N–H and O–H groups in total. The van der Waals surface area contributed by atoms with Gasteiger partial charge in [-0.15, -0.1) is 0 Å². The molecule has 0 fully saturated rings. The average Bonchev–Trinajstić information content (AvgIpc) is 2.54. The molecule has 0 aromatic heterocycles. The molecule has 1 aromatic rings. The van der Waals surface area contributed by atoms with E-state index in [-0.39, 0.29) is 18.2 Å². The van der Waals surface area contributed by atoms with E-state index in [0.29, 0.717) is 17.8 Å². The molecule has 0 radical (unpaired) electrons. The van der Waals surface area contributed by atoms with Crippen molar-refractivity contribution in [1.82, 2.24) is 10.6 Å². The van der Waals surface area contributed by atoms with Crippen molar-refractivity contribution in [1.29, 1.82) is 0 Å². The van der Waals surface area contributed by atoms with Crippen LogP contribution in [0.1, 0.15) is 26.3 Å². The number of hydrogen-bond acceptors (Lipinski definition) is 5. The molecule has 0 saturated carbocycles. The zero-order valence-corrected chi connectivity index (χ0v) is 14.5. The molecule has 25 heavy (non-hydrogen) atoms. The van der Waals surface area contributed by atoms with E-state index in [1.54, 1.807) is 38.1 Å². The largest absolute Gasteiger partial charge is 0.455 e. The van der Waals surface area contributed by atoms with Gasteiger partial charge in [0, 0.05) is 19.2 Å². The number of carbonyl (C=O) groups excluding carboxylic acids is 4. The first-order chi connectivity index (χ1) is 11.8.